The third kappa shape index (κ3) is 2.79. The highest BCUT2D eigenvalue weighted by Gasteiger charge is 2.29. The van der Waals surface area contributed by atoms with E-state index in [1.807, 2.05) is 29.7 Å². The van der Waals surface area contributed by atoms with Crippen LogP contribution in [0.4, 0.5) is 0 Å². The predicted molar refractivity (Wildman–Crippen MR) is 85.9 cm³/mol. The molecule has 0 aliphatic carbocycles. The molecule has 1 aliphatic rings. The van der Waals surface area contributed by atoms with E-state index < -0.39 is 9.84 Å². The van der Waals surface area contributed by atoms with E-state index >= 15 is 0 Å². The number of nitrogens with zero attached hydrogens (tertiary/aromatic N) is 2. The van der Waals surface area contributed by atoms with Crippen molar-refractivity contribution in [2.45, 2.75) is 31.2 Å². The van der Waals surface area contributed by atoms with Crippen molar-refractivity contribution >= 4 is 44.1 Å². The molecule has 0 bridgehead atoms. The fraction of sp³-hybridized carbons (Fsp3) is 0.500. The van der Waals surface area contributed by atoms with Crippen LogP contribution in [-0.2, 0) is 9.84 Å². The van der Waals surface area contributed by atoms with Crippen LogP contribution >= 0.6 is 23.2 Å². The van der Waals surface area contributed by atoms with E-state index in [0.29, 0.717) is 17.9 Å². The lowest BCUT2D eigenvalue weighted by atomic mass is 10.1. The van der Waals surface area contributed by atoms with Gasteiger partial charge in [0.1, 0.15) is 15.7 Å². The van der Waals surface area contributed by atoms with Crippen LogP contribution in [0.5, 0.6) is 0 Å². The van der Waals surface area contributed by atoms with Gasteiger partial charge >= 0.3 is 0 Å². The van der Waals surface area contributed by atoms with E-state index in [0.717, 1.165) is 16.9 Å². The van der Waals surface area contributed by atoms with Gasteiger partial charge in [-0.2, -0.15) is 0 Å². The SMILES string of the molecule is CC(Cl)c1nc2cccc(Cl)c2n1C1CCS(=O)(=O)CC1. The summed E-state index contributed by atoms with van der Waals surface area (Å²) in [7, 11) is -2.90. The monoisotopic (exact) mass is 346 g/mol. The standard InChI is InChI=1S/C14H16Cl2N2O2S/c1-9(15)14-17-12-4-2-3-11(16)13(12)18(14)10-5-7-21(19,20)8-6-10/h2-4,9-10H,5-8H2,1H3. The average molecular weight is 347 g/mol. The summed E-state index contributed by atoms with van der Waals surface area (Å²) in [5, 5.41) is 0.365. The number of hydrogen-bond acceptors (Lipinski definition) is 3. The Morgan fingerprint density at radius 1 is 1.33 bits per heavy atom. The summed E-state index contributed by atoms with van der Waals surface area (Å²) in [5.74, 6) is 1.17. The molecule has 0 N–H and O–H groups in total. The number of sulfone groups is 1. The minimum absolute atomic E-state index is 0.0784. The quantitative estimate of drug-likeness (QED) is 0.778. The summed E-state index contributed by atoms with van der Waals surface area (Å²) in [6.07, 6.45) is 1.16. The molecule has 0 spiro atoms. The highest BCUT2D eigenvalue weighted by molar-refractivity contribution is 7.91. The first-order chi connectivity index (χ1) is 9.89. The van der Waals surface area contributed by atoms with Crippen LogP contribution in [0.25, 0.3) is 11.0 Å². The first-order valence-electron chi connectivity index (χ1n) is 6.90. The summed E-state index contributed by atoms with van der Waals surface area (Å²) in [5.41, 5.74) is 1.66. The van der Waals surface area contributed by atoms with Crippen LogP contribution in [0, 0.1) is 0 Å². The number of hydrogen-bond donors (Lipinski definition) is 0. The molecule has 1 aliphatic heterocycles. The predicted octanol–water partition coefficient (Wildman–Crippen LogP) is 3.74. The van der Waals surface area contributed by atoms with Crippen molar-refractivity contribution in [3.63, 3.8) is 0 Å². The Morgan fingerprint density at radius 2 is 2.00 bits per heavy atom. The summed E-state index contributed by atoms with van der Waals surface area (Å²) < 4.78 is 25.3. The Labute approximate surface area is 134 Å². The highest BCUT2D eigenvalue weighted by atomic mass is 35.5. The third-order valence-corrected chi connectivity index (χ3v) is 6.15. The molecule has 1 atom stereocenters. The zero-order chi connectivity index (χ0) is 15.2. The van der Waals surface area contributed by atoms with Crippen molar-refractivity contribution < 1.29 is 8.42 Å². The van der Waals surface area contributed by atoms with E-state index in [4.69, 9.17) is 23.2 Å². The van der Waals surface area contributed by atoms with Gasteiger partial charge in [0.25, 0.3) is 0 Å². The van der Waals surface area contributed by atoms with Crippen molar-refractivity contribution in [1.82, 2.24) is 9.55 Å². The smallest absolute Gasteiger partial charge is 0.150 e. The first kappa shape index (κ1) is 15.1. The van der Waals surface area contributed by atoms with Crippen molar-refractivity contribution in [2.24, 2.45) is 0 Å². The van der Waals surface area contributed by atoms with Crippen molar-refractivity contribution in [1.29, 1.82) is 0 Å². The maximum absolute atomic E-state index is 11.6. The maximum Gasteiger partial charge on any atom is 0.150 e. The molecular formula is C14H16Cl2N2O2S. The second-order valence-electron chi connectivity index (χ2n) is 5.45. The molecule has 7 heteroatoms. The lowest BCUT2D eigenvalue weighted by Crippen LogP contribution is -2.26. The van der Waals surface area contributed by atoms with E-state index in [9.17, 15) is 8.42 Å². The summed E-state index contributed by atoms with van der Waals surface area (Å²) in [6.45, 7) is 1.87. The van der Waals surface area contributed by atoms with Gasteiger partial charge in [0.2, 0.25) is 0 Å². The number of para-hydroxylation sites is 1. The molecule has 1 fully saturated rings. The molecule has 21 heavy (non-hydrogen) atoms. The Morgan fingerprint density at radius 3 is 2.62 bits per heavy atom. The van der Waals surface area contributed by atoms with Crippen molar-refractivity contribution in [3.05, 3.63) is 29.0 Å². The number of benzene rings is 1. The molecule has 1 aromatic carbocycles. The van der Waals surface area contributed by atoms with Gasteiger partial charge in [-0.1, -0.05) is 17.7 Å². The van der Waals surface area contributed by atoms with E-state index in [1.54, 1.807) is 0 Å². The van der Waals surface area contributed by atoms with Gasteiger partial charge in [-0.3, -0.25) is 0 Å². The topological polar surface area (TPSA) is 52.0 Å². The highest BCUT2D eigenvalue weighted by Crippen LogP contribution is 2.36. The molecule has 4 nitrogen and oxygen atoms in total. The zero-order valence-corrected chi connectivity index (χ0v) is 13.9. The van der Waals surface area contributed by atoms with Gasteiger partial charge in [0, 0.05) is 6.04 Å². The van der Waals surface area contributed by atoms with Crippen molar-refractivity contribution in [2.75, 3.05) is 11.5 Å². The number of aromatic nitrogens is 2. The Bertz CT molecular complexity index is 770. The van der Waals surface area contributed by atoms with E-state index in [2.05, 4.69) is 4.98 Å². The molecule has 1 saturated heterocycles. The molecular weight excluding hydrogens is 331 g/mol. The summed E-state index contributed by atoms with van der Waals surface area (Å²) >= 11 is 12.6. The van der Waals surface area contributed by atoms with Crippen LogP contribution in [0.15, 0.2) is 18.2 Å². The summed E-state index contributed by atoms with van der Waals surface area (Å²) in [4.78, 5) is 4.58. The fourth-order valence-electron chi connectivity index (χ4n) is 2.91. The van der Waals surface area contributed by atoms with E-state index in [-0.39, 0.29) is 22.9 Å². The Kier molecular flexibility index (Phi) is 3.93. The van der Waals surface area contributed by atoms with Crippen LogP contribution in [-0.4, -0.2) is 29.5 Å². The van der Waals surface area contributed by atoms with Gasteiger partial charge in [-0.25, -0.2) is 13.4 Å². The maximum atomic E-state index is 11.6. The van der Waals surface area contributed by atoms with Gasteiger partial charge in [-0.15, -0.1) is 11.6 Å². The number of alkyl halides is 1. The van der Waals surface area contributed by atoms with Crippen LogP contribution in [0.1, 0.15) is 37.0 Å². The molecule has 3 rings (SSSR count). The minimum atomic E-state index is -2.90. The molecule has 2 aromatic rings. The first-order valence-corrected chi connectivity index (χ1v) is 9.53. The Balaban J connectivity index is 2.14. The molecule has 114 valence electrons. The largest absolute Gasteiger partial charge is 0.322 e. The average Bonchev–Trinajstić information content (AvgIpc) is 2.80. The van der Waals surface area contributed by atoms with Gasteiger partial charge in [0.05, 0.1) is 32.9 Å². The molecule has 2 heterocycles. The number of rotatable bonds is 2. The van der Waals surface area contributed by atoms with Gasteiger partial charge < -0.3 is 4.57 Å². The number of fused-ring (bicyclic) bond motifs is 1. The third-order valence-electron chi connectivity index (χ3n) is 3.93. The molecule has 0 radical (unpaired) electrons. The van der Waals surface area contributed by atoms with Crippen LogP contribution < -0.4 is 0 Å². The zero-order valence-electron chi connectivity index (χ0n) is 11.6. The lowest BCUT2D eigenvalue weighted by Gasteiger charge is -2.26. The second-order valence-corrected chi connectivity index (χ2v) is 8.81. The Hall–Kier alpha value is -0.780. The number of imidazole rings is 1. The molecule has 1 unspecified atom stereocenters. The van der Waals surface area contributed by atoms with Gasteiger partial charge in [0.15, 0.2) is 0 Å². The van der Waals surface area contributed by atoms with Crippen LogP contribution in [0.3, 0.4) is 0 Å². The van der Waals surface area contributed by atoms with Gasteiger partial charge in [-0.05, 0) is 31.9 Å². The molecule has 0 amide bonds. The number of halogens is 2. The van der Waals surface area contributed by atoms with Crippen molar-refractivity contribution in [3.8, 4) is 0 Å². The normalized spacial score (nSPS) is 20.7. The van der Waals surface area contributed by atoms with Crippen LogP contribution in [0.2, 0.25) is 5.02 Å². The summed E-state index contributed by atoms with van der Waals surface area (Å²) in [6, 6.07) is 5.66. The molecule has 0 saturated carbocycles. The molecule has 1 aromatic heterocycles. The second kappa shape index (κ2) is 5.45. The lowest BCUT2D eigenvalue weighted by molar-refractivity contribution is 0.446. The fourth-order valence-corrected chi connectivity index (χ4v) is 4.79. The minimum Gasteiger partial charge on any atom is -0.322 e. The van der Waals surface area contributed by atoms with E-state index in [1.165, 1.54) is 0 Å².